The molecule has 0 unspecified atom stereocenters. The maximum Gasteiger partial charge on any atom is 0.224 e. The van der Waals surface area contributed by atoms with Crippen LogP contribution in [0.4, 0.5) is 0 Å². The lowest BCUT2D eigenvalue weighted by Gasteiger charge is -2.22. The molecular weight excluding hydrogens is 300 g/mol. The molecule has 0 saturated carbocycles. The van der Waals surface area contributed by atoms with Crippen molar-refractivity contribution < 1.29 is 4.79 Å². The van der Waals surface area contributed by atoms with Crippen molar-refractivity contribution in [1.82, 2.24) is 20.1 Å². The van der Waals surface area contributed by atoms with Crippen LogP contribution in [0.3, 0.4) is 0 Å². The topological polar surface area (TPSA) is 59.8 Å². The molecule has 1 amide bonds. The zero-order valence-electron chi connectivity index (χ0n) is 14.0. The van der Waals surface area contributed by atoms with Crippen LogP contribution in [0.2, 0.25) is 0 Å². The highest BCUT2D eigenvalue weighted by molar-refractivity contribution is 5.90. The van der Waals surface area contributed by atoms with Gasteiger partial charge in [-0.25, -0.2) is 4.98 Å². The van der Waals surface area contributed by atoms with Gasteiger partial charge in [-0.05, 0) is 22.3 Å². The minimum absolute atomic E-state index is 0.0224. The molecule has 0 aliphatic carbocycles. The van der Waals surface area contributed by atoms with E-state index in [0.29, 0.717) is 18.9 Å². The molecule has 1 atom stereocenters. The van der Waals surface area contributed by atoms with Crippen molar-refractivity contribution in [2.75, 3.05) is 0 Å². The fourth-order valence-corrected chi connectivity index (χ4v) is 2.83. The Bertz CT molecular complexity index is 806. The van der Waals surface area contributed by atoms with E-state index in [-0.39, 0.29) is 11.9 Å². The highest BCUT2D eigenvalue weighted by Crippen LogP contribution is 2.19. The number of nitrogens with one attached hydrogen (secondary N) is 1. The zero-order chi connectivity index (χ0) is 16.9. The third-order valence-corrected chi connectivity index (χ3v) is 4.23. The Balaban J connectivity index is 1.71. The predicted octanol–water partition coefficient (Wildman–Crippen LogP) is 2.81. The van der Waals surface area contributed by atoms with Gasteiger partial charge in [0.15, 0.2) is 0 Å². The lowest BCUT2D eigenvalue weighted by Crippen LogP contribution is -2.42. The molecule has 0 aliphatic rings. The monoisotopic (exact) mass is 322 g/mol. The molecule has 124 valence electrons. The van der Waals surface area contributed by atoms with Crippen molar-refractivity contribution in [3.8, 4) is 0 Å². The number of carbonyl (C=O) groups excluding carboxylic acids is 1. The van der Waals surface area contributed by atoms with Crippen LogP contribution >= 0.6 is 0 Å². The summed E-state index contributed by atoms with van der Waals surface area (Å²) < 4.78 is 1.75. The van der Waals surface area contributed by atoms with Gasteiger partial charge in [0, 0.05) is 0 Å². The van der Waals surface area contributed by atoms with Crippen molar-refractivity contribution in [2.45, 2.75) is 32.9 Å². The lowest BCUT2D eigenvalue weighted by atomic mass is 10.0. The van der Waals surface area contributed by atoms with Crippen LogP contribution < -0.4 is 5.32 Å². The summed E-state index contributed by atoms with van der Waals surface area (Å²) in [4.78, 5) is 16.5. The summed E-state index contributed by atoms with van der Waals surface area (Å²) in [5.74, 6) is 0.343. The number of carbonyl (C=O) groups is 1. The number of nitrogens with zero attached hydrogens (tertiary/aromatic N) is 3. The summed E-state index contributed by atoms with van der Waals surface area (Å²) in [6, 6.07) is 14.3. The molecule has 5 nitrogen and oxygen atoms in total. The molecule has 0 saturated heterocycles. The quantitative estimate of drug-likeness (QED) is 0.759. The van der Waals surface area contributed by atoms with Gasteiger partial charge in [0.1, 0.15) is 12.7 Å². The molecule has 3 rings (SSSR count). The Morgan fingerprint density at radius 3 is 2.71 bits per heavy atom. The van der Waals surface area contributed by atoms with Crippen LogP contribution in [0.5, 0.6) is 0 Å². The number of benzene rings is 2. The normalized spacial score (nSPS) is 12.5. The maximum absolute atomic E-state index is 12.5. The minimum Gasteiger partial charge on any atom is -0.351 e. The van der Waals surface area contributed by atoms with E-state index in [1.165, 1.54) is 6.33 Å². The fourth-order valence-electron chi connectivity index (χ4n) is 2.83. The average Bonchev–Trinajstić information content (AvgIpc) is 3.07. The number of hydrogen-bond donors (Lipinski definition) is 1. The standard InChI is InChI=1S/C19H22N4O/c1-14(2)18(11-23-13-20-12-21-23)22-19(24)10-16-8-5-7-15-6-3-4-9-17(15)16/h3-9,12-14,18H,10-11H2,1-2H3,(H,22,24)/t18-/m0/s1. The Morgan fingerprint density at radius 1 is 1.17 bits per heavy atom. The molecule has 1 heterocycles. The van der Waals surface area contributed by atoms with Gasteiger partial charge in [0.25, 0.3) is 0 Å². The second-order valence-corrected chi connectivity index (χ2v) is 6.35. The van der Waals surface area contributed by atoms with Gasteiger partial charge < -0.3 is 5.32 Å². The second-order valence-electron chi connectivity index (χ2n) is 6.35. The third-order valence-electron chi connectivity index (χ3n) is 4.23. The Labute approximate surface area is 141 Å². The van der Waals surface area contributed by atoms with E-state index in [2.05, 4.69) is 47.4 Å². The van der Waals surface area contributed by atoms with Gasteiger partial charge in [-0.3, -0.25) is 9.48 Å². The van der Waals surface area contributed by atoms with Gasteiger partial charge in [0.2, 0.25) is 5.91 Å². The largest absolute Gasteiger partial charge is 0.351 e. The SMILES string of the molecule is CC(C)[C@H](Cn1cncn1)NC(=O)Cc1cccc2ccccc12. The zero-order valence-corrected chi connectivity index (χ0v) is 14.0. The summed E-state index contributed by atoms with van der Waals surface area (Å²) in [6.07, 6.45) is 3.56. The van der Waals surface area contributed by atoms with E-state index in [9.17, 15) is 4.79 Å². The predicted molar refractivity (Wildman–Crippen MR) is 94.4 cm³/mol. The van der Waals surface area contributed by atoms with Crippen LogP contribution in [-0.4, -0.2) is 26.7 Å². The number of rotatable bonds is 6. The third kappa shape index (κ3) is 3.79. The van der Waals surface area contributed by atoms with Crippen molar-refractivity contribution in [2.24, 2.45) is 5.92 Å². The molecule has 1 aromatic heterocycles. The van der Waals surface area contributed by atoms with Crippen molar-refractivity contribution in [1.29, 1.82) is 0 Å². The van der Waals surface area contributed by atoms with E-state index in [0.717, 1.165) is 16.3 Å². The molecule has 1 N–H and O–H groups in total. The van der Waals surface area contributed by atoms with Gasteiger partial charge in [-0.15, -0.1) is 0 Å². The fraction of sp³-hybridized carbons (Fsp3) is 0.316. The molecular formula is C19H22N4O. The molecule has 0 fully saturated rings. The Hall–Kier alpha value is -2.69. The van der Waals surface area contributed by atoms with Crippen LogP contribution in [0, 0.1) is 5.92 Å². The number of amides is 1. The molecule has 5 heteroatoms. The molecule has 24 heavy (non-hydrogen) atoms. The number of aromatic nitrogens is 3. The van der Waals surface area contributed by atoms with Crippen LogP contribution in [0.25, 0.3) is 10.8 Å². The van der Waals surface area contributed by atoms with E-state index in [1.54, 1.807) is 11.0 Å². The molecule has 0 spiro atoms. The second kappa shape index (κ2) is 7.25. The van der Waals surface area contributed by atoms with Gasteiger partial charge in [-0.1, -0.05) is 56.3 Å². The average molecular weight is 322 g/mol. The molecule has 0 aliphatic heterocycles. The summed E-state index contributed by atoms with van der Waals surface area (Å²) in [6.45, 7) is 4.82. The van der Waals surface area contributed by atoms with E-state index in [1.807, 2.05) is 24.3 Å². The lowest BCUT2D eigenvalue weighted by molar-refractivity contribution is -0.121. The smallest absolute Gasteiger partial charge is 0.224 e. The molecule has 2 aromatic carbocycles. The molecule has 0 bridgehead atoms. The van der Waals surface area contributed by atoms with Crippen molar-refractivity contribution in [3.63, 3.8) is 0 Å². The molecule has 3 aromatic rings. The summed E-state index contributed by atoms with van der Waals surface area (Å²) in [5.41, 5.74) is 1.05. The first kappa shape index (κ1) is 16.2. The van der Waals surface area contributed by atoms with Crippen molar-refractivity contribution in [3.05, 3.63) is 60.7 Å². The Morgan fingerprint density at radius 2 is 1.96 bits per heavy atom. The summed E-state index contributed by atoms with van der Waals surface area (Å²) >= 11 is 0. The van der Waals surface area contributed by atoms with E-state index >= 15 is 0 Å². The first-order valence-electron chi connectivity index (χ1n) is 8.22. The first-order valence-corrected chi connectivity index (χ1v) is 8.22. The van der Waals surface area contributed by atoms with E-state index in [4.69, 9.17) is 0 Å². The highest BCUT2D eigenvalue weighted by atomic mass is 16.1. The first-order chi connectivity index (χ1) is 11.6. The van der Waals surface area contributed by atoms with Gasteiger partial charge in [-0.2, -0.15) is 5.10 Å². The van der Waals surface area contributed by atoms with Crippen molar-refractivity contribution >= 4 is 16.7 Å². The van der Waals surface area contributed by atoms with Crippen LogP contribution in [0.1, 0.15) is 19.4 Å². The minimum atomic E-state index is 0.0224. The highest BCUT2D eigenvalue weighted by Gasteiger charge is 2.18. The van der Waals surface area contributed by atoms with Crippen LogP contribution in [-0.2, 0) is 17.8 Å². The van der Waals surface area contributed by atoms with E-state index < -0.39 is 0 Å². The van der Waals surface area contributed by atoms with Gasteiger partial charge in [0.05, 0.1) is 19.0 Å². The Kier molecular flexibility index (Phi) is 4.89. The van der Waals surface area contributed by atoms with Gasteiger partial charge >= 0.3 is 0 Å². The summed E-state index contributed by atoms with van der Waals surface area (Å²) in [7, 11) is 0. The molecule has 0 radical (unpaired) electrons. The van der Waals surface area contributed by atoms with Crippen LogP contribution in [0.15, 0.2) is 55.1 Å². The summed E-state index contributed by atoms with van der Waals surface area (Å²) in [5, 5.41) is 9.56. The number of fused-ring (bicyclic) bond motifs is 1. The number of hydrogen-bond acceptors (Lipinski definition) is 3. The maximum atomic E-state index is 12.5.